The van der Waals surface area contributed by atoms with Crippen LogP contribution >= 0.6 is 11.3 Å². The lowest BCUT2D eigenvalue weighted by molar-refractivity contribution is -0.142. The van der Waals surface area contributed by atoms with Gasteiger partial charge < -0.3 is 15.5 Å². The monoisotopic (exact) mass is 488 g/mol. The van der Waals surface area contributed by atoms with Gasteiger partial charge in [-0.3, -0.25) is 9.59 Å². The number of nitrogens with zero attached hydrogens (tertiary/aromatic N) is 2. The predicted molar refractivity (Wildman–Crippen MR) is 144 cm³/mol. The number of nitrogens with one attached hydrogen (secondary N) is 2. The molecule has 1 aromatic carbocycles. The van der Waals surface area contributed by atoms with E-state index >= 15 is 0 Å². The summed E-state index contributed by atoms with van der Waals surface area (Å²) in [5, 5.41) is 6.15. The lowest BCUT2D eigenvalue weighted by Crippen LogP contribution is -2.55. The fourth-order valence-electron chi connectivity index (χ4n) is 4.06. The topological polar surface area (TPSA) is 74.3 Å². The maximum absolute atomic E-state index is 13.1. The van der Waals surface area contributed by atoms with Gasteiger partial charge in [0.1, 0.15) is 6.04 Å². The number of hydrogen-bond donors (Lipinski definition) is 2. The van der Waals surface area contributed by atoms with E-state index < -0.39 is 6.04 Å². The lowest BCUT2D eigenvalue weighted by Gasteiger charge is -2.34. The predicted octanol–water partition coefficient (Wildman–Crippen LogP) is 5.41. The SMILES string of the molecule is CC.CC.CNC(C(=O)N1CCCC1C(=O)NCc1ccc(-c2scnc2C)cc1)C(C)(C)C. The van der Waals surface area contributed by atoms with E-state index in [1.165, 1.54) is 4.88 Å². The van der Waals surface area contributed by atoms with E-state index in [-0.39, 0.29) is 23.3 Å². The zero-order chi connectivity index (χ0) is 25.9. The van der Waals surface area contributed by atoms with Crippen molar-refractivity contribution in [2.24, 2.45) is 5.41 Å². The Morgan fingerprint density at radius 2 is 1.76 bits per heavy atom. The Labute approximate surface area is 210 Å². The van der Waals surface area contributed by atoms with E-state index in [1.807, 2.05) is 73.0 Å². The second-order valence-corrected chi connectivity index (χ2v) is 9.81. The third-order valence-corrected chi connectivity index (χ3v) is 6.65. The highest BCUT2D eigenvalue weighted by atomic mass is 32.1. The van der Waals surface area contributed by atoms with Gasteiger partial charge in [0, 0.05) is 13.1 Å². The van der Waals surface area contributed by atoms with Crippen LogP contribution in [0.25, 0.3) is 10.4 Å². The molecule has 0 radical (unpaired) electrons. The Hall–Kier alpha value is -2.25. The fraction of sp³-hybridized carbons (Fsp3) is 0.593. The lowest BCUT2D eigenvalue weighted by atomic mass is 9.86. The van der Waals surface area contributed by atoms with Crippen molar-refractivity contribution in [3.63, 3.8) is 0 Å². The molecule has 0 aliphatic carbocycles. The van der Waals surface area contributed by atoms with Crippen LogP contribution in [-0.4, -0.2) is 47.4 Å². The smallest absolute Gasteiger partial charge is 0.243 e. The first-order valence-corrected chi connectivity index (χ1v) is 13.3. The molecule has 0 bridgehead atoms. The van der Waals surface area contributed by atoms with Crippen LogP contribution in [0.2, 0.25) is 0 Å². The van der Waals surface area contributed by atoms with Crippen molar-refractivity contribution in [2.45, 2.75) is 86.9 Å². The highest BCUT2D eigenvalue weighted by Gasteiger charge is 2.40. The Balaban J connectivity index is 0.00000137. The van der Waals surface area contributed by atoms with Crippen LogP contribution in [0.1, 0.15) is 72.6 Å². The van der Waals surface area contributed by atoms with Gasteiger partial charge in [-0.15, -0.1) is 11.3 Å². The minimum Gasteiger partial charge on any atom is -0.350 e. The summed E-state index contributed by atoms with van der Waals surface area (Å²) in [6.07, 6.45) is 1.56. The third-order valence-electron chi connectivity index (χ3n) is 5.67. The normalized spacial score (nSPS) is 16.0. The average Bonchev–Trinajstić information content (AvgIpc) is 3.49. The van der Waals surface area contributed by atoms with Crippen molar-refractivity contribution in [1.82, 2.24) is 20.5 Å². The Kier molecular flexibility index (Phi) is 12.5. The van der Waals surface area contributed by atoms with Gasteiger partial charge in [0.25, 0.3) is 0 Å². The van der Waals surface area contributed by atoms with Crippen LogP contribution in [0.5, 0.6) is 0 Å². The van der Waals surface area contributed by atoms with Gasteiger partial charge in [0.15, 0.2) is 0 Å². The average molecular weight is 489 g/mol. The summed E-state index contributed by atoms with van der Waals surface area (Å²) in [5.41, 5.74) is 4.84. The molecule has 1 saturated heterocycles. The second kappa shape index (κ2) is 14.2. The molecule has 7 heteroatoms. The maximum Gasteiger partial charge on any atom is 0.243 e. The summed E-state index contributed by atoms with van der Waals surface area (Å²) < 4.78 is 0. The van der Waals surface area contributed by atoms with Gasteiger partial charge in [-0.1, -0.05) is 72.7 Å². The van der Waals surface area contributed by atoms with Gasteiger partial charge in [-0.05, 0) is 43.4 Å². The molecular formula is C27H44N4O2S. The van der Waals surface area contributed by atoms with Crippen molar-refractivity contribution < 1.29 is 9.59 Å². The number of amides is 2. The molecule has 34 heavy (non-hydrogen) atoms. The molecule has 6 nitrogen and oxygen atoms in total. The van der Waals surface area contributed by atoms with Gasteiger partial charge in [-0.25, -0.2) is 4.98 Å². The molecule has 2 aromatic rings. The van der Waals surface area contributed by atoms with Crippen LogP contribution in [0, 0.1) is 12.3 Å². The number of hydrogen-bond acceptors (Lipinski definition) is 5. The quantitative estimate of drug-likeness (QED) is 0.570. The number of likely N-dealkylation sites (tertiary alicyclic amines) is 1. The summed E-state index contributed by atoms with van der Waals surface area (Å²) in [6, 6.07) is 7.48. The van der Waals surface area contributed by atoms with Crippen LogP contribution in [-0.2, 0) is 16.1 Å². The van der Waals surface area contributed by atoms with Gasteiger partial charge >= 0.3 is 0 Å². The van der Waals surface area contributed by atoms with Gasteiger partial charge in [-0.2, -0.15) is 0 Å². The van der Waals surface area contributed by atoms with Crippen molar-refractivity contribution in [1.29, 1.82) is 0 Å². The molecule has 1 fully saturated rings. The first-order chi connectivity index (χ1) is 16.2. The number of benzene rings is 1. The van der Waals surface area contributed by atoms with Crippen molar-refractivity contribution in [3.05, 3.63) is 41.0 Å². The molecule has 1 aliphatic heterocycles. The number of likely N-dealkylation sites (N-methyl/N-ethyl adjacent to an activating group) is 1. The highest BCUT2D eigenvalue weighted by molar-refractivity contribution is 7.13. The summed E-state index contributed by atoms with van der Waals surface area (Å²) in [7, 11) is 1.80. The second-order valence-electron chi connectivity index (χ2n) is 8.96. The third kappa shape index (κ3) is 7.64. The Bertz CT molecular complexity index is 887. The standard InChI is InChI=1S/C23H32N4O2S.2C2H6/c1-15-19(30-14-26-15)17-10-8-16(9-11-17)13-25-21(28)18-7-6-12-27(18)22(29)20(24-5)23(2,3)4;2*1-2/h8-11,14,18,20,24H,6-7,12-13H2,1-5H3,(H,25,28);2*1-2H3. The fourth-order valence-corrected chi connectivity index (χ4v) is 4.87. The van der Waals surface area contributed by atoms with E-state index in [0.29, 0.717) is 19.5 Å². The van der Waals surface area contributed by atoms with E-state index in [0.717, 1.165) is 23.2 Å². The highest BCUT2D eigenvalue weighted by Crippen LogP contribution is 2.28. The maximum atomic E-state index is 13.1. The summed E-state index contributed by atoms with van der Waals surface area (Å²) in [6.45, 7) is 17.2. The summed E-state index contributed by atoms with van der Waals surface area (Å²) in [5.74, 6) is -0.0704. The van der Waals surface area contributed by atoms with E-state index in [2.05, 4.69) is 27.8 Å². The largest absolute Gasteiger partial charge is 0.350 e. The van der Waals surface area contributed by atoms with Crippen LogP contribution in [0.3, 0.4) is 0 Å². The molecule has 1 aromatic heterocycles. The Morgan fingerprint density at radius 3 is 2.26 bits per heavy atom. The number of rotatable bonds is 6. The number of carbonyl (C=O) groups excluding carboxylic acids is 2. The molecule has 0 saturated carbocycles. The van der Waals surface area contributed by atoms with E-state index in [9.17, 15) is 9.59 Å². The molecule has 2 amide bonds. The molecular weight excluding hydrogens is 444 g/mol. The minimum absolute atomic E-state index is 0.00642. The minimum atomic E-state index is -0.394. The van der Waals surface area contributed by atoms with Crippen molar-refractivity contribution in [3.8, 4) is 10.4 Å². The zero-order valence-electron chi connectivity index (χ0n) is 22.5. The summed E-state index contributed by atoms with van der Waals surface area (Å²) >= 11 is 1.63. The van der Waals surface area contributed by atoms with Crippen molar-refractivity contribution in [2.75, 3.05) is 13.6 Å². The first kappa shape index (κ1) is 29.8. The zero-order valence-corrected chi connectivity index (χ0v) is 23.3. The van der Waals surface area contributed by atoms with E-state index in [4.69, 9.17) is 0 Å². The molecule has 2 N–H and O–H groups in total. The Morgan fingerprint density at radius 1 is 1.15 bits per heavy atom. The van der Waals surface area contributed by atoms with Gasteiger partial charge in [0.2, 0.25) is 11.8 Å². The number of aromatic nitrogens is 1. The molecule has 2 unspecified atom stereocenters. The summed E-state index contributed by atoms with van der Waals surface area (Å²) in [4.78, 5) is 33.1. The molecule has 2 atom stereocenters. The molecule has 1 aliphatic rings. The number of thiazole rings is 1. The van der Waals surface area contributed by atoms with Crippen molar-refractivity contribution >= 4 is 23.2 Å². The molecule has 2 heterocycles. The number of aryl methyl sites for hydroxylation is 1. The van der Waals surface area contributed by atoms with Gasteiger partial charge in [0.05, 0.1) is 22.1 Å². The van der Waals surface area contributed by atoms with Crippen LogP contribution in [0.15, 0.2) is 29.8 Å². The van der Waals surface area contributed by atoms with Crippen LogP contribution in [0.4, 0.5) is 0 Å². The van der Waals surface area contributed by atoms with Crippen LogP contribution < -0.4 is 10.6 Å². The first-order valence-electron chi connectivity index (χ1n) is 12.5. The van der Waals surface area contributed by atoms with E-state index in [1.54, 1.807) is 23.3 Å². The molecule has 3 rings (SSSR count). The molecule has 190 valence electrons. The molecule has 0 spiro atoms. The number of carbonyl (C=O) groups is 2.